The Morgan fingerprint density at radius 3 is 3.08 bits per heavy atom. The average Bonchev–Trinajstić information content (AvgIpc) is 2.16. The summed E-state index contributed by atoms with van der Waals surface area (Å²) >= 11 is 2.04. The fourth-order valence-corrected chi connectivity index (χ4v) is 2.50. The number of nitrogens with one attached hydrogen (secondary N) is 1. The minimum absolute atomic E-state index is 0.557. The Kier molecular flexibility index (Phi) is 4.29. The highest BCUT2D eigenvalue weighted by molar-refractivity contribution is 7.99. The summed E-state index contributed by atoms with van der Waals surface area (Å²) in [6.45, 7) is 0.966. The Morgan fingerprint density at radius 1 is 1.67 bits per heavy atom. The number of nitrogens with zero attached hydrogens (tertiary/aromatic N) is 1. The smallest absolute Gasteiger partial charge is 0.188 e. The molecule has 1 aliphatic heterocycles. The van der Waals surface area contributed by atoms with E-state index in [4.69, 9.17) is 5.73 Å². The van der Waals surface area contributed by atoms with Crippen molar-refractivity contribution in [3.05, 3.63) is 0 Å². The second kappa shape index (κ2) is 5.30. The number of thioether (sulfide) groups is 1. The van der Waals surface area contributed by atoms with Crippen molar-refractivity contribution in [2.75, 3.05) is 19.3 Å². The summed E-state index contributed by atoms with van der Waals surface area (Å²) in [7, 11) is 1.70. The van der Waals surface area contributed by atoms with Crippen LogP contribution in [0.4, 0.5) is 0 Å². The lowest BCUT2D eigenvalue weighted by atomic mass is 10.2. The van der Waals surface area contributed by atoms with E-state index in [0.29, 0.717) is 5.96 Å². The molecule has 4 heteroatoms. The van der Waals surface area contributed by atoms with Gasteiger partial charge in [0.05, 0.1) is 0 Å². The molecule has 0 aliphatic carbocycles. The van der Waals surface area contributed by atoms with Crippen LogP contribution in [0.5, 0.6) is 0 Å². The fraction of sp³-hybridized carbons (Fsp3) is 0.875. The van der Waals surface area contributed by atoms with Crippen LogP contribution in [-0.4, -0.2) is 30.6 Å². The van der Waals surface area contributed by atoms with Crippen LogP contribution in [0.1, 0.15) is 19.3 Å². The highest BCUT2D eigenvalue weighted by Crippen LogP contribution is 2.23. The first-order chi connectivity index (χ1) is 5.83. The summed E-state index contributed by atoms with van der Waals surface area (Å²) in [4.78, 5) is 3.85. The van der Waals surface area contributed by atoms with Crippen molar-refractivity contribution in [1.82, 2.24) is 5.32 Å². The molecular weight excluding hydrogens is 170 g/mol. The number of aliphatic imine (C=N–C) groups is 1. The van der Waals surface area contributed by atoms with Crippen LogP contribution < -0.4 is 11.1 Å². The summed E-state index contributed by atoms with van der Waals surface area (Å²) in [6, 6.07) is 0. The van der Waals surface area contributed by atoms with Crippen LogP contribution in [0.3, 0.4) is 0 Å². The van der Waals surface area contributed by atoms with Gasteiger partial charge in [-0.05, 0) is 18.6 Å². The van der Waals surface area contributed by atoms with Crippen molar-refractivity contribution in [3.63, 3.8) is 0 Å². The molecule has 0 amide bonds. The number of hydrogen-bond acceptors (Lipinski definition) is 2. The molecule has 3 N–H and O–H groups in total. The maximum atomic E-state index is 5.52. The molecule has 1 saturated heterocycles. The lowest BCUT2D eigenvalue weighted by Crippen LogP contribution is -2.36. The molecule has 0 aromatic heterocycles. The van der Waals surface area contributed by atoms with Crippen molar-refractivity contribution in [1.29, 1.82) is 0 Å². The quantitative estimate of drug-likeness (QED) is 0.497. The average molecular weight is 187 g/mol. The van der Waals surface area contributed by atoms with E-state index in [-0.39, 0.29) is 0 Å². The van der Waals surface area contributed by atoms with Crippen LogP contribution >= 0.6 is 11.8 Å². The third-order valence-corrected chi connectivity index (χ3v) is 3.42. The van der Waals surface area contributed by atoms with Gasteiger partial charge in [-0.3, -0.25) is 4.99 Å². The van der Waals surface area contributed by atoms with E-state index in [1.54, 1.807) is 7.05 Å². The van der Waals surface area contributed by atoms with E-state index in [1.807, 2.05) is 11.8 Å². The van der Waals surface area contributed by atoms with E-state index >= 15 is 0 Å². The first kappa shape index (κ1) is 9.71. The van der Waals surface area contributed by atoms with Gasteiger partial charge in [-0.15, -0.1) is 0 Å². The van der Waals surface area contributed by atoms with Gasteiger partial charge in [-0.2, -0.15) is 11.8 Å². The highest BCUT2D eigenvalue weighted by Gasteiger charge is 2.13. The van der Waals surface area contributed by atoms with Crippen LogP contribution in [0.15, 0.2) is 4.99 Å². The maximum absolute atomic E-state index is 5.52. The third-order valence-electron chi connectivity index (χ3n) is 2.03. The van der Waals surface area contributed by atoms with Gasteiger partial charge in [0, 0.05) is 18.8 Å². The van der Waals surface area contributed by atoms with E-state index in [0.717, 1.165) is 11.8 Å². The van der Waals surface area contributed by atoms with Crippen LogP contribution in [-0.2, 0) is 0 Å². The molecule has 70 valence electrons. The Hall–Kier alpha value is -0.380. The van der Waals surface area contributed by atoms with Crippen LogP contribution in [0.25, 0.3) is 0 Å². The van der Waals surface area contributed by atoms with Gasteiger partial charge in [0.15, 0.2) is 5.96 Å². The van der Waals surface area contributed by atoms with E-state index in [9.17, 15) is 0 Å². The summed E-state index contributed by atoms with van der Waals surface area (Å²) in [5.74, 6) is 1.86. The zero-order chi connectivity index (χ0) is 8.81. The SMILES string of the molecule is CN=C(N)NCC1CCCCS1. The summed E-state index contributed by atoms with van der Waals surface area (Å²) < 4.78 is 0. The molecule has 0 bridgehead atoms. The molecule has 1 rings (SSSR count). The fourth-order valence-electron chi connectivity index (χ4n) is 1.27. The molecule has 12 heavy (non-hydrogen) atoms. The van der Waals surface area contributed by atoms with Crippen molar-refractivity contribution in [2.45, 2.75) is 24.5 Å². The van der Waals surface area contributed by atoms with Gasteiger partial charge in [0.25, 0.3) is 0 Å². The predicted molar refractivity (Wildman–Crippen MR) is 55.6 cm³/mol. The Bertz CT molecular complexity index is 152. The standard InChI is InChI=1S/C8H17N3S/c1-10-8(9)11-6-7-4-2-3-5-12-7/h7H,2-6H2,1H3,(H3,9,10,11). The predicted octanol–water partition coefficient (Wildman–Crippen LogP) is 0.806. The molecule has 0 saturated carbocycles. The minimum Gasteiger partial charge on any atom is -0.370 e. The summed E-state index contributed by atoms with van der Waals surface area (Å²) in [5, 5.41) is 3.84. The minimum atomic E-state index is 0.557. The van der Waals surface area contributed by atoms with Crippen molar-refractivity contribution in [2.24, 2.45) is 10.7 Å². The molecule has 1 unspecified atom stereocenters. The number of nitrogens with two attached hydrogens (primary N) is 1. The second-order valence-corrected chi connectivity index (χ2v) is 4.39. The molecule has 1 aliphatic rings. The summed E-state index contributed by atoms with van der Waals surface area (Å²) in [6.07, 6.45) is 4.05. The second-order valence-electron chi connectivity index (χ2n) is 2.98. The molecule has 0 aromatic rings. The number of hydrogen-bond donors (Lipinski definition) is 2. The van der Waals surface area contributed by atoms with Crippen molar-refractivity contribution < 1.29 is 0 Å². The van der Waals surface area contributed by atoms with E-state index in [1.165, 1.54) is 25.0 Å². The first-order valence-corrected chi connectivity index (χ1v) is 5.45. The Balaban J connectivity index is 2.13. The van der Waals surface area contributed by atoms with Gasteiger partial charge < -0.3 is 11.1 Å². The van der Waals surface area contributed by atoms with Gasteiger partial charge in [-0.1, -0.05) is 6.42 Å². The van der Waals surface area contributed by atoms with E-state index < -0.39 is 0 Å². The zero-order valence-electron chi connectivity index (χ0n) is 7.55. The molecule has 1 fully saturated rings. The van der Waals surface area contributed by atoms with Gasteiger partial charge in [0.1, 0.15) is 0 Å². The van der Waals surface area contributed by atoms with E-state index in [2.05, 4.69) is 10.3 Å². The maximum Gasteiger partial charge on any atom is 0.188 e. The Morgan fingerprint density at radius 2 is 2.50 bits per heavy atom. The topological polar surface area (TPSA) is 50.4 Å². The Labute approximate surface area is 78.2 Å². The summed E-state index contributed by atoms with van der Waals surface area (Å²) in [5.41, 5.74) is 5.52. The largest absolute Gasteiger partial charge is 0.370 e. The monoisotopic (exact) mass is 187 g/mol. The molecule has 1 heterocycles. The van der Waals surface area contributed by atoms with Crippen LogP contribution in [0.2, 0.25) is 0 Å². The number of guanidine groups is 1. The van der Waals surface area contributed by atoms with Crippen LogP contribution in [0, 0.1) is 0 Å². The van der Waals surface area contributed by atoms with Gasteiger partial charge in [0.2, 0.25) is 0 Å². The first-order valence-electron chi connectivity index (χ1n) is 4.40. The lowest BCUT2D eigenvalue weighted by molar-refractivity contribution is 0.648. The molecule has 1 atom stereocenters. The molecule has 0 aromatic carbocycles. The highest BCUT2D eigenvalue weighted by atomic mass is 32.2. The van der Waals surface area contributed by atoms with Gasteiger partial charge in [-0.25, -0.2) is 0 Å². The van der Waals surface area contributed by atoms with Crippen molar-refractivity contribution in [3.8, 4) is 0 Å². The van der Waals surface area contributed by atoms with Gasteiger partial charge >= 0.3 is 0 Å². The lowest BCUT2D eigenvalue weighted by Gasteiger charge is -2.21. The normalized spacial score (nSPS) is 25.4. The van der Waals surface area contributed by atoms with Crippen molar-refractivity contribution >= 4 is 17.7 Å². The molecule has 0 spiro atoms. The molecule has 3 nitrogen and oxygen atoms in total. The number of rotatable bonds is 2. The molecular formula is C8H17N3S. The molecule has 0 radical (unpaired) electrons. The third kappa shape index (κ3) is 3.34. The zero-order valence-corrected chi connectivity index (χ0v) is 8.36.